The van der Waals surface area contributed by atoms with Crippen LogP contribution in [-0.2, 0) is 4.74 Å². The van der Waals surface area contributed by atoms with Gasteiger partial charge in [-0.1, -0.05) is 5.21 Å². The number of hydrogen-bond acceptors (Lipinski definition) is 10. The number of benzene rings is 1. The molecule has 0 fully saturated rings. The highest BCUT2D eigenvalue weighted by Crippen LogP contribution is 2.37. The molecule has 2 aromatic heterocycles. The van der Waals surface area contributed by atoms with E-state index in [-0.39, 0.29) is 30.7 Å². The number of ether oxygens (including phenoxy) is 3. The summed E-state index contributed by atoms with van der Waals surface area (Å²) < 4.78 is 21.6. The summed E-state index contributed by atoms with van der Waals surface area (Å²) in [5, 5.41) is 15.1. The summed E-state index contributed by atoms with van der Waals surface area (Å²) in [4.78, 5) is 12.3. The maximum atomic E-state index is 12.3. The Bertz CT molecular complexity index is 949. The molecule has 128 valence electrons. The standard InChI is InChI=1S/C14H12N6O5/c1-2-22-14(21)10-11(7-3-4-8-9(5-7)24-6-23-8)20(19-16-10)13-12(15)17-25-18-13/h3-5H,2,6H2,1H3,(H2,15,17). The van der Waals surface area contributed by atoms with Crippen LogP contribution in [0, 0.1) is 0 Å². The molecule has 11 nitrogen and oxygen atoms in total. The Labute approximate surface area is 140 Å². The molecule has 25 heavy (non-hydrogen) atoms. The van der Waals surface area contributed by atoms with Crippen molar-refractivity contribution < 1.29 is 23.6 Å². The Morgan fingerprint density at radius 1 is 1.32 bits per heavy atom. The zero-order valence-electron chi connectivity index (χ0n) is 13.0. The quantitative estimate of drug-likeness (QED) is 0.676. The molecule has 0 unspecified atom stereocenters. The molecule has 3 heterocycles. The minimum atomic E-state index is -0.628. The van der Waals surface area contributed by atoms with Gasteiger partial charge < -0.3 is 19.9 Å². The van der Waals surface area contributed by atoms with Crippen LogP contribution >= 0.6 is 0 Å². The number of nitrogens with two attached hydrogens (primary N) is 1. The van der Waals surface area contributed by atoms with Gasteiger partial charge in [0.1, 0.15) is 5.69 Å². The molecule has 0 atom stereocenters. The average Bonchev–Trinajstić information content (AvgIpc) is 3.32. The van der Waals surface area contributed by atoms with Crippen molar-refractivity contribution in [1.29, 1.82) is 0 Å². The van der Waals surface area contributed by atoms with E-state index in [1.807, 2.05) is 0 Å². The van der Waals surface area contributed by atoms with E-state index in [0.717, 1.165) is 0 Å². The Morgan fingerprint density at radius 3 is 2.92 bits per heavy atom. The van der Waals surface area contributed by atoms with E-state index < -0.39 is 5.97 Å². The van der Waals surface area contributed by atoms with Crippen molar-refractivity contribution in [3.8, 4) is 28.6 Å². The van der Waals surface area contributed by atoms with E-state index in [0.29, 0.717) is 22.8 Å². The van der Waals surface area contributed by atoms with Crippen LogP contribution in [0.2, 0.25) is 0 Å². The molecule has 0 aliphatic carbocycles. The largest absolute Gasteiger partial charge is 0.461 e. The highest BCUT2D eigenvalue weighted by atomic mass is 16.7. The summed E-state index contributed by atoms with van der Waals surface area (Å²) in [6, 6.07) is 5.15. The lowest BCUT2D eigenvalue weighted by Gasteiger charge is -2.07. The van der Waals surface area contributed by atoms with Gasteiger partial charge in [0.2, 0.25) is 18.4 Å². The summed E-state index contributed by atoms with van der Waals surface area (Å²) in [5.41, 5.74) is 6.64. The van der Waals surface area contributed by atoms with E-state index in [2.05, 4.69) is 25.3 Å². The van der Waals surface area contributed by atoms with E-state index in [1.165, 1.54) is 4.68 Å². The Hall–Kier alpha value is -3.63. The highest BCUT2D eigenvalue weighted by molar-refractivity contribution is 5.94. The number of nitrogens with zero attached hydrogens (tertiary/aromatic N) is 5. The minimum Gasteiger partial charge on any atom is -0.461 e. The molecule has 0 saturated carbocycles. The first-order valence-electron chi connectivity index (χ1n) is 7.30. The van der Waals surface area contributed by atoms with Gasteiger partial charge in [-0.05, 0) is 35.4 Å². The molecule has 0 amide bonds. The molecule has 1 aliphatic rings. The number of carbonyl (C=O) groups is 1. The fraction of sp³-hybridized carbons (Fsp3) is 0.214. The first-order valence-corrected chi connectivity index (χ1v) is 7.30. The lowest BCUT2D eigenvalue weighted by atomic mass is 10.1. The first kappa shape index (κ1) is 14.9. The molecule has 0 radical (unpaired) electrons. The third-order valence-corrected chi connectivity index (χ3v) is 3.48. The second-order valence-corrected chi connectivity index (χ2v) is 4.96. The van der Waals surface area contributed by atoms with Crippen LogP contribution in [0.4, 0.5) is 5.82 Å². The third-order valence-electron chi connectivity index (χ3n) is 3.48. The molecule has 0 bridgehead atoms. The van der Waals surface area contributed by atoms with E-state index in [1.54, 1.807) is 25.1 Å². The van der Waals surface area contributed by atoms with Gasteiger partial charge in [0.05, 0.1) is 6.61 Å². The van der Waals surface area contributed by atoms with Crippen LogP contribution in [0.15, 0.2) is 22.8 Å². The zero-order valence-corrected chi connectivity index (χ0v) is 13.0. The number of rotatable bonds is 4. The fourth-order valence-electron chi connectivity index (χ4n) is 2.41. The molecule has 11 heteroatoms. The summed E-state index contributed by atoms with van der Waals surface area (Å²) in [6.45, 7) is 2.02. The lowest BCUT2D eigenvalue weighted by Crippen LogP contribution is -2.08. The summed E-state index contributed by atoms with van der Waals surface area (Å²) in [6.07, 6.45) is 0. The average molecular weight is 344 g/mol. The second-order valence-electron chi connectivity index (χ2n) is 4.96. The molecule has 3 aromatic rings. The number of hydrogen-bond donors (Lipinski definition) is 1. The molecule has 4 rings (SSSR count). The normalized spacial score (nSPS) is 12.4. The van der Waals surface area contributed by atoms with Crippen LogP contribution in [0.5, 0.6) is 11.5 Å². The maximum absolute atomic E-state index is 12.3. The summed E-state index contributed by atoms with van der Waals surface area (Å²) >= 11 is 0. The minimum absolute atomic E-state index is 0.00213. The lowest BCUT2D eigenvalue weighted by molar-refractivity contribution is 0.0520. The Morgan fingerprint density at radius 2 is 2.16 bits per heavy atom. The van der Waals surface area contributed by atoms with Gasteiger partial charge in [-0.2, -0.15) is 4.68 Å². The van der Waals surface area contributed by atoms with Gasteiger partial charge in [-0.15, -0.1) is 5.10 Å². The van der Waals surface area contributed by atoms with E-state index in [9.17, 15) is 4.79 Å². The first-order chi connectivity index (χ1) is 12.2. The van der Waals surface area contributed by atoms with Gasteiger partial charge in [0, 0.05) is 5.56 Å². The van der Waals surface area contributed by atoms with Crippen LogP contribution in [-0.4, -0.2) is 44.7 Å². The van der Waals surface area contributed by atoms with Crippen molar-refractivity contribution in [2.75, 3.05) is 19.1 Å². The van der Waals surface area contributed by atoms with Crippen molar-refractivity contribution in [3.05, 3.63) is 23.9 Å². The van der Waals surface area contributed by atoms with Gasteiger partial charge in [0.15, 0.2) is 17.2 Å². The van der Waals surface area contributed by atoms with Crippen molar-refractivity contribution in [3.63, 3.8) is 0 Å². The molecular formula is C14H12N6O5. The molecule has 0 spiro atoms. The van der Waals surface area contributed by atoms with Gasteiger partial charge in [0.25, 0.3) is 0 Å². The molecule has 0 saturated heterocycles. The molecule has 1 aliphatic heterocycles. The predicted octanol–water partition coefficient (Wildman–Crippen LogP) is 0.805. The van der Waals surface area contributed by atoms with Crippen molar-refractivity contribution in [2.45, 2.75) is 6.92 Å². The molecule has 2 N–H and O–H groups in total. The van der Waals surface area contributed by atoms with Crippen LogP contribution in [0.25, 0.3) is 17.1 Å². The van der Waals surface area contributed by atoms with Gasteiger partial charge >= 0.3 is 5.97 Å². The zero-order chi connectivity index (χ0) is 17.4. The summed E-state index contributed by atoms with van der Waals surface area (Å²) in [5.74, 6) is 0.615. The third kappa shape index (κ3) is 2.41. The number of nitrogen functional groups attached to an aromatic ring is 1. The number of anilines is 1. The van der Waals surface area contributed by atoms with Crippen LogP contribution in [0.1, 0.15) is 17.4 Å². The Balaban J connectivity index is 1.90. The maximum Gasteiger partial charge on any atom is 0.361 e. The van der Waals surface area contributed by atoms with Crippen molar-refractivity contribution in [1.82, 2.24) is 25.3 Å². The SMILES string of the molecule is CCOC(=O)c1nnn(-c2nonc2N)c1-c1ccc2c(c1)OCO2. The number of fused-ring (bicyclic) bond motifs is 1. The highest BCUT2D eigenvalue weighted by Gasteiger charge is 2.27. The number of aromatic nitrogens is 5. The van der Waals surface area contributed by atoms with E-state index in [4.69, 9.17) is 19.9 Å². The monoisotopic (exact) mass is 344 g/mol. The van der Waals surface area contributed by atoms with Crippen molar-refractivity contribution >= 4 is 11.8 Å². The predicted molar refractivity (Wildman–Crippen MR) is 81.1 cm³/mol. The number of esters is 1. The topological polar surface area (TPSA) is 140 Å². The van der Waals surface area contributed by atoms with Crippen molar-refractivity contribution in [2.24, 2.45) is 0 Å². The molecule has 1 aromatic carbocycles. The fourth-order valence-corrected chi connectivity index (χ4v) is 2.41. The van der Waals surface area contributed by atoms with Gasteiger partial charge in [-0.25, -0.2) is 9.42 Å². The smallest absolute Gasteiger partial charge is 0.361 e. The second kappa shape index (κ2) is 5.78. The summed E-state index contributed by atoms with van der Waals surface area (Å²) in [7, 11) is 0. The van der Waals surface area contributed by atoms with Crippen LogP contribution < -0.4 is 15.2 Å². The van der Waals surface area contributed by atoms with Gasteiger partial charge in [-0.3, -0.25) is 0 Å². The van der Waals surface area contributed by atoms with Crippen LogP contribution in [0.3, 0.4) is 0 Å². The number of carbonyl (C=O) groups excluding carboxylic acids is 1. The van der Waals surface area contributed by atoms with E-state index >= 15 is 0 Å². The molecular weight excluding hydrogens is 332 g/mol. The Kier molecular flexibility index (Phi) is 3.45.